The topological polar surface area (TPSA) is 63.5 Å². The van der Waals surface area contributed by atoms with Crippen LogP contribution in [0.2, 0.25) is 0 Å². The zero-order chi connectivity index (χ0) is 13.8. The van der Waals surface area contributed by atoms with Gasteiger partial charge >= 0.3 is 0 Å². The highest BCUT2D eigenvalue weighted by Gasteiger charge is 2.26. The van der Waals surface area contributed by atoms with Crippen molar-refractivity contribution in [2.75, 3.05) is 6.54 Å². The molecule has 0 N–H and O–H groups in total. The molecule has 0 radical (unpaired) electrons. The zero-order valence-corrected chi connectivity index (χ0v) is 11.0. The molecule has 1 amide bonds. The van der Waals surface area contributed by atoms with Gasteiger partial charge in [-0.15, -0.1) is 0 Å². The molecule has 19 heavy (non-hydrogen) atoms. The van der Waals surface area contributed by atoms with Gasteiger partial charge in [-0.05, 0) is 37.8 Å². The van der Waals surface area contributed by atoms with Crippen molar-refractivity contribution in [3.63, 3.8) is 0 Å². The van der Waals surface area contributed by atoms with Gasteiger partial charge in [-0.3, -0.25) is 14.9 Å². The molecule has 1 saturated heterocycles. The van der Waals surface area contributed by atoms with E-state index in [4.69, 9.17) is 0 Å². The lowest BCUT2D eigenvalue weighted by Gasteiger charge is -2.35. The van der Waals surface area contributed by atoms with Crippen LogP contribution in [-0.4, -0.2) is 28.3 Å². The Balaban J connectivity index is 2.16. The van der Waals surface area contributed by atoms with E-state index < -0.39 is 4.92 Å². The number of benzene rings is 1. The first-order chi connectivity index (χ1) is 9.13. The molecule has 1 aromatic rings. The van der Waals surface area contributed by atoms with Gasteiger partial charge in [0.2, 0.25) is 0 Å². The molecule has 2 rings (SSSR count). The number of nitro benzene ring substituents is 1. The Morgan fingerprint density at radius 3 is 2.63 bits per heavy atom. The number of nitro groups is 1. The zero-order valence-electron chi connectivity index (χ0n) is 11.0. The average molecular weight is 262 g/mol. The molecule has 1 aliphatic rings. The van der Waals surface area contributed by atoms with Gasteiger partial charge in [0.15, 0.2) is 0 Å². The normalized spacial score (nSPS) is 19.2. The lowest BCUT2D eigenvalue weighted by Crippen LogP contribution is -2.43. The Morgan fingerprint density at radius 2 is 2.05 bits per heavy atom. The molecule has 5 heteroatoms. The van der Waals surface area contributed by atoms with Crippen molar-refractivity contribution in [2.45, 2.75) is 38.6 Å². The van der Waals surface area contributed by atoms with Crippen LogP contribution in [0, 0.1) is 10.1 Å². The number of nitrogens with zero attached hydrogens (tertiary/aromatic N) is 2. The van der Waals surface area contributed by atoms with Crippen LogP contribution in [-0.2, 0) is 0 Å². The van der Waals surface area contributed by atoms with E-state index in [2.05, 4.69) is 6.92 Å². The number of amides is 1. The van der Waals surface area contributed by atoms with Crippen LogP contribution in [0.4, 0.5) is 5.69 Å². The van der Waals surface area contributed by atoms with E-state index >= 15 is 0 Å². The first-order valence-electron chi connectivity index (χ1n) is 6.69. The molecule has 1 atom stereocenters. The standard InChI is InChI=1S/C14H18N2O3/c1-2-12-5-3-4-10-15(12)14(17)11-6-8-13(9-7-11)16(18)19/h6-9,12H,2-5,10H2,1H3/t12-/m0/s1. The molecule has 0 aromatic heterocycles. The van der Waals surface area contributed by atoms with Crippen molar-refractivity contribution in [3.05, 3.63) is 39.9 Å². The number of piperidine rings is 1. The van der Waals surface area contributed by atoms with Crippen molar-refractivity contribution in [1.82, 2.24) is 4.90 Å². The summed E-state index contributed by atoms with van der Waals surface area (Å²) in [6.07, 6.45) is 4.21. The fraction of sp³-hybridized carbons (Fsp3) is 0.500. The predicted octanol–water partition coefficient (Wildman–Crippen LogP) is 3.00. The van der Waals surface area contributed by atoms with Crippen LogP contribution >= 0.6 is 0 Å². The van der Waals surface area contributed by atoms with E-state index in [0.717, 1.165) is 25.8 Å². The third-order valence-electron chi connectivity index (χ3n) is 3.68. The molecule has 1 aliphatic heterocycles. The number of non-ortho nitro benzene ring substituents is 1. The summed E-state index contributed by atoms with van der Waals surface area (Å²) in [4.78, 5) is 24.5. The van der Waals surface area contributed by atoms with E-state index in [1.54, 1.807) is 12.1 Å². The Bertz CT molecular complexity index is 470. The fourth-order valence-electron chi connectivity index (χ4n) is 2.58. The second-order valence-corrected chi connectivity index (χ2v) is 4.86. The van der Waals surface area contributed by atoms with Gasteiger partial charge in [-0.2, -0.15) is 0 Å². The highest BCUT2D eigenvalue weighted by atomic mass is 16.6. The van der Waals surface area contributed by atoms with Gasteiger partial charge < -0.3 is 4.90 Å². The number of carbonyl (C=O) groups excluding carboxylic acids is 1. The van der Waals surface area contributed by atoms with Crippen LogP contribution in [0.1, 0.15) is 43.0 Å². The monoisotopic (exact) mass is 262 g/mol. The van der Waals surface area contributed by atoms with Crippen molar-refractivity contribution < 1.29 is 9.72 Å². The van der Waals surface area contributed by atoms with Crippen molar-refractivity contribution in [1.29, 1.82) is 0 Å². The molecular formula is C14H18N2O3. The molecule has 102 valence electrons. The molecule has 0 spiro atoms. The predicted molar refractivity (Wildman–Crippen MR) is 72.1 cm³/mol. The summed E-state index contributed by atoms with van der Waals surface area (Å²) in [6.45, 7) is 2.88. The van der Waals surface area contributed by atoms with Crippen LogP contribution in [0.25, 0.3) is 0 Å². The highest BCUT2D eigenvalue weighted by Crippen LogP contribution is 2.22. The maximum absolute atomic E-state index is 12.4. The Labute approximate surface area is 112 Å². The number of carbonyl (C=O) groups is 1. The second kappa shape index (κ2) is 5.82. The molecule has 1 aromatic carbocycles. The molecule has 0 saturated carbocycles. The maximum Gasteiger partial charge on any atom is 0.269 e. The Hall–Kier alpha value is -1.91. The van der Waals surface area contributed by atoms with E-state index in [9.17, 15) is 14.9 Å². The molecule has 0 bridgehead atoms. The largest absolute Gasteiger partial charge is 0.336 e. The smallest absolute Gasteiger partial charge is 0.269 e. The Kier molecular flexibility index (Phi) is 4.14. The average Bonchev–Trinajstić information content (AvgIpc) is 2.46. The lowest BCUT2D eigenvalue weighted by molar-refractivity contribution is -0.384. The number of rotatable bonds is 3. The summed E-state index contributed by atoms with van der Waals surface area (Å²) < 4.78 is 0. The third-order valence-corrected chi connectivity index (χ3v) is 3.68. The SMILES string of the molecule is CC[C@H]1CCCCN1C(=O)c1ccc([N+](=O)[O-])cc1. The van der Waals surface area contributed by atoms with Crippen LogP contribution in [0.15, 0.2) is 24.3 Å². The van der Waals surface area contributed by atoms with Crippen LogP contribution in [0.5, 0.6) is 0 Å². The van der Waals surface area contributed by atoms with Gasteiger partial charge in [0.1, 0.15) is 0 Å². The van der Waals surface area contributed by atoms with Crippen molar-refractivity contribution in [2.24, 2.45) is 0 Å². The summed E-state index contributed by atoms with van der Waals surface area (Å²) in [5.41, 5.74) is 0.549. The van der Waals surface area contributed by atoms with E-state index in [1.165, 1.54) is 18.6 Å². The summed E-state index contributed by atoms with van der Waals surface area (Å²) in [7, 11) is 0. The first kappa shape index (κ1) is 13.5. The molecule has 1 fully saturated rings. The molecule has 0 aliphatic carbocycles. The number of likely N-dealkylation sites (tertiary alicyclic amines) is 1. The molecule has 5 nitrogen and oxygen atoms in total. The minimum Gasteiger partial charge on any atom is -0.336 e. The fourth-order valence-corrected chi connectivity index (χ4v) is 2.58. The quantitative estimate of drug-likeness (QED) is 0.621. The van der Waals surface area contributed by atoms with Gasteiger partial charge in [-0.25, -0.2) is 0 Å². The number of hydrogen-bond acceptors (Lipinski definition) is 3. The molecular weight excluding hydrogens is 244 g/mol. The van der Waals surface area contributed by atoms with Gasteiger partial charge in [0, 0.05) is 30.3 Å². The number of hydrogen-bond donors (Lipinski definition) is 0. The summed E-state index contributed by atoms with van der Waals surface area (Å²) in [5.74, 6) is -0.0125. The van der Waals surface area contributed by atoms with Crippen molar-refractivity contribution in [3.8, 4) is 0 Å². The van der Waals surface area contributed by atoms with Gasteiger partial charge in [0.25, 0.3) is 11.6 Å². The summed E-state index contributed by atoms with van der Waals surface area (Å²) >= 11 is 0. The van der Waals surface area contributed by atoms with E-state index in [1.807, 2.05) is 4.90 Å². The van der Waals surface area contributed by atoms with Gasteiger partial charge in [0.05, 0.1) is 4.92 Å². The lowest BCUT2D eigenvalue weighted by atomic mass is 9.99. The minimum atomic E-state index is -0.454. The minimum absolute atomic E-state index is 0.0125. The van der Waals surface area contributed by atoms with E-state index in [-0.39, 0.29) is 11.6 Å². The van der Waals surface area contributed by atoms with E-state index in [0.29, 0.717) is 11.6 Å². The van der Waals surface area contributed by atoms with Crippen molar-refractivity contribution >= 4 is 11.6 Å². The van der Waals surface area contributed by atoms with Crippen LogP contribution < -0.4 is 0 Å². The highest BCUT2D eigenvalue weighted by molar-refractivity contribution is 5.94. The second-order valence-electron chi connectivity index (χ2n) is 4.86. The summed E-state index contributed by atoms with van der Waals surface area (Å²) in [5, 5.41) is 10.6. The first-order valence-corrected chi connectivity index (χ1v) is 6.69. The van der Waals surface area contributed by atoms with Crippen LogP contribution in [0.3, 0.4) is 0 Å². The summed E-state index contributed by atoms with van der Waals surface area (Å²) in [6, 6.07) is 6.16. The third kappa shape index (κ3) is 2.92. The molecule has 1 heterocycles. The Morgan fingerprint density at radius 1 is 1.37 bits per heavy atom. The maximum atomic E-state index is 12.4. The van der Waals surface area contributed by atoms with Gasteiger partial charge in [-0.1, -0.05) is 6.92 Å². The molecule has 0 unspecified atom stereocenters.